The molecule has 1 atom stereocenters. The van der Waals surface area contributed by atoms with E-state index in [2.05, 4.69) is 29.5 Å². The van der Waals surface area contributed by atoms with E-state index in [4.69, 9.17) is 10.5 Å². The van der Waals surface area contributed by atoms with Gasteiger partial charge in [-0.05, 0) is 24.4 Å². The van der Waals surface area contributed by atoms with Gasteiger partial charge in [-0.3, -0.25) is 4.68 Å². The molecule has 0 saturated heterocycles. The lowest BCUT2D eigenvalue weighted by Crippen LogP contribution is -2.17. The number of rotatable bonds is 4. The van der Waals surface area contributed by atoms with E-state index < -0.39 is 0 Å². The SMILES string of the molecule is CCn1ncc(OC)c1C(N)c1cc2sccc2s1. The van der Waals surface area contributed by atoms with Crippen LogP contribution in [0, 0.1) is 0 Å². The van der Waals surface area contributed by atoms with Gasteiger partial charge in [-0.25, -0.2) is 0 Å². The zero-order valence-corrected chi connectivity index (χ0v) is 12.4. The Kier molecular flexibility index (Phi) is 3.30. The zero-order valence-electron chi connectivity index (χ0n) is 10.8. The van der Waals surface area contributed by atoms with Crippen LogP contribution in [0.15, 0.2) is 23.7 Å². The Morgan fingerprint density at radius 2 is 2.32 bits per heavy atom. The van der Waals surface area contributed by atoms with Crippen LogP contribution >= 0.6 is 22.7 Å². The van der Waals surface area contributed by atoms with E-state index in [-0.39, 0.29) is 6.04 Å². The predicted molar refractivity (Wildman–Crippen MR) is 80.2 cm³/mol. The molecule has 0 spiro atoms. The van der Waals surface area contributed by atoms with Crippen LogP contribution in [0.1, 0.15) is 23.5 Å². The van der Waals surface area contributed by atoms with E-state index in [9.17, 15) is 0 Å². The molecule has 3 aromatic rings. The molecule has 3 heterocycles. The van der Waals surface area contributed by atoms with Crippen LogP contribution < -0.4 is 10.5 Å². The summed E-state index contributed by atoms with van der Waals surface area (Å²) in [5, 5.41) is 6.42. The first-order valence-electron chi connectivity index (χ1n) is 6.06. The third-order valence-corrected chi connectivity index (χ3v) is 5.30. The first kappa shape index (κ1) is 12.7. The molecule has 0 aromatic carbocycles. The monoisotopic (exact) mass is 293 g/mol. The van der Waals surface area contributed by atoms with Gasteiger partial charge < -0.3 is 10.5 Å². The second-order valence-corrected chi connectivity index (χ2v) is 6.25. The summed E-state index contributed by atoms with van der Waals surface area (Å²) < 4.78 is 9.85. The van der Waals surface area contributed by atoms with E-state index in [0.29, 0.717) is 0 Å². The van der Waals surface area contributed by atoms with Gasteiger partial charge in [0.1, 0.15) is 5.69 Å². The maximum Gasteiger partial charge on any atom is 0.161 e. The molecule has 3 aromatic heterocycles. The first-order chi connectivity index (χ1) is 9.24. The highest BCUT2D eigenvalue weighted by Gasteiger charge is 2.21. The molecule has 3 rings (SSSR count). The van der Waals surface area contributed by atoms with Gasteiger partial charge in [0.05, 0.1) is 19.3 Å². The molecule has 0 aliphatic rings. The number of ether oxygens (including phenoxy) is 1. The third-order valence-electron chi connectivity index (χ3n) is 3.12. The summed E-state index contributed by atoms with van der Waals surface area (Å²) in [5.74, 6) is 0.756. The van der Waals surface area contributed by atoms with Gasteiger partial charge in [-0.2, -0.15) is 5.10 Å². The molecule has 0 amide bonds. The highest BCUT2D eigenvalue weighted by atomic mass is 32.1. The molecule has 0 aliphatic carbocycles. The average molecular weight is 293 g/mol. The van der Waals surface area contributed by atoms with Crippen LogP contribution in [0.4, 0.5) is 0 Å². The Balaban J connectivity index is 2.05. The minimum atomic E-state index is -0.193. The van der Waals surface area contributed by atoms with E-state index in [1.165, 1.54) is 9.40 Å². The maximum atomic E-state index is 6.41. The smallest absolute Gasteiger partial charge is 0.161 e. The van der Waals surface area contributed by atoms with Crippen molar-refractivity contribution in [2.75, 3.05) is 7.11 Å². The molecule has 0 radical (unpaired) electrons. The Bertz CT molecular complexity index is 648. The quantitative estimate of drug-likeness (QED) is 0.803. The topological polar surface area (TPSA) is 53.1 Å². The third kappa shape index (κ3) is 2.05. The van der Waals surface area contributed by atoms with Crippen molar-refractivity contribution in [2.24, 2.45) is 5.73 Å². The minimum absolute atomic E-state index is 0.193. The molecule has 0 bridgehead atoms. The summed E-state index contributed by atoms with van der Waals surface area (Å²) in [6.45, 7) is 2.84. The van der Waals surface area contributed by atoms with Crippen LogP contribution in [0.3, 0.4) is 0 Å². The maximum absolute atomic E-state index is 6.41. The molecule has 0 saturated carbocycles. The number of nitrogens with two attached hydrogens (primary N) is 1. The lowest BCUT2D eigenvalue weighted by atomic mass is 10.1. The van der Waals surface area contributed by atoms with Crippen molar-refractivity contribution in [3.05, 3.63) is 34.3 Å². The minimum Gasteiger partial charge on any atom is -0.493 e. The van der Waals surface area contributed by atoms with Crippen molar-refractivity contribution in [1.82, 2.24) is 9.78 Å². The fraction of sp³-hybridized carbons (Fsp3) is 0.308. The van der Waals surface area contributed by atoms with Crippen molar-refractivity contribution in [2.45, 2.75) is 19.5 Å². The van der Waals surface area contributed by atoms with Gasteiger partial charge >= 0.3 is 0 Å². The second-order valence-electron chi connectivity index (χ2n) is 4.19. The van der Waals surface area contributed by atoms with E-state index in [0.717, 1.165) is 22.9 Å². The standard InChI is InChI=1S/C13H15N3OS2/c1-3-16-13(8(17-2)7-15-16)12(14)11-6-10-9(19-11)4-5-18-10/h4-7,12H,3,14H2,1-2H3. The summed E-state index contributed by atoms with van der Waals surface area (Å²) in [6, 6.07) is 4.11. The molecule has 19 heavy (non-hydrogen) atoms. The average Bonchev–Trinajstić information content (AvgIpc) is 3.10. The molecular formula is C13H15N3OS2. The number of aromatic nitrogens is 2. The number of aryl methyl sites for hydroxylation is 1. The van der Waals surface area contributed by atoms with Crippen molar-refractivity contribution < 1.29 is 4.74 Å². The summed E-state index contributed by atoms with van der Waals surface area (Å²) in [6.07, 6.45) is 1.73. The number of hydrogen-bond acceptors (Lipinski definition) is 5. The highest BCUT2D eigenvalue weighted by molar-refractivity contribution is 7.27. The van der Waals surface area contributed by atoms with Gasteiger partial charge in [0.2, 0.25) is 0 Å². The summed E-state index contributed by atoms with van der Waals surface area (Å²) in [4.78, 5) is 1.15. The van der Waals surface area contributed by atoms with Gasteiger partial charge in [0, 0.05) is 20.8 Å². The normalized spacial score (nSPS) is 13.0. The highest BCUT2D eigenvalue weighted by Crippen LogP contribution is 2.37. The number of fused-ring (bicyclic) bond motifs is 1. The number of nitrogens with zero attached hydrogens (tertiary/aromatic N) is 2. The molecular weight excluding hydrogens is 278 g/mol. The number of thiophene rings is 2. The molecule has 2 N–H and O–H groups in total. The second kappa shape index (κ2) is 4.96. The molecule has 6 heteroatoms. The Hall–Kier alpha value is -1.37. The predicted octanol–water partition coefficient (Wildman–Crippen LogP) is 3.24. The molecule has 1 unspecified atom stereocenters. The van der Waals surface area contributed by atoms with Crippen molar-refractivity contribution in [3.63, 3.8) is 0 Å². The molecule has 4 nitrogen and oxygen atoms in total. The Morgan fingerprint density at radius 3 is 3.00 bits per heavy atom. The van der Waals surface area contributed by atoms with Gasteiger partial charge in [-0.15, -0.1) is 22.7 Å². The van der Waals surface area contributed by atoms with Gasteiger partial charge in [0.15, 0.2) is 5.75 Å². The largest absolute Gasteiger partial charge is 0.493 e. The zero-order chi connectivity index (χ0) is 13.4. The summed E-state index contributed by atoms with van der Waals surface area (Å²) in [5.41, 5.74) is 7.35. The van der Waals surface area contributed by atoms with Crippen LogP contribution in [0.25, 0.3) is 9.40 Å². The first-order valence-corrected chi connectivity index (χ1v) is 7.76. The van der Waals surface area contributed by atoms with Crippen molar-refractivity contribution in [1.29, 1.82) is 0 Å². The number of hydrogen-bond donors (Lipinski definition) is 1. The van der Waals surface area contributed by atoms with Crippen molar-refractivity contribution in [3.8, 4) is 5.75 Å². The van der Waals surface area contributed by atoms with Crippen LogP contribution in [-0.2, 0) is 6.54 Å². The van der Waals surface area contributed by atoms with E-state index in [1.54, 1.807) is 36.0 Å². The van der Waals surface area contributed by atoms with Crippen molar-refractivity contribution >= 4 is 32.1 Å². The lowest BCUT2D eigenvalue weighted by molar-refractivity contribution is 0.405. The fourth-order valence-corrected chi connectivity index (χ4v) is 4.30. The molecule has 0 aliphatic heterocycles. The van der Waals surface area contributed by atoms with Crippen LogP contribution in [0.2, 0.25) is 0 Å². The fourth-order valence-electron chi connectivity index (χ4n) is 2.17. The summed E-state index contributed by atoms with van der Waals surface area (Å²) >= 11 is 3.48. The Labute approximate surface area is 119 Å². The van der Waals surface area contributed by atoms with Crippen LogP contribution in [0.5, 0.6) is 5.75 Å². The van der Waals surface area contributed by atoms with Gasteiger partial charge in [0.25, 0.3) is 0 Å². The number of methoxy groups -OCH3 is 1. The summed E-state index contributed by atoms with van der Waals surface area (Å²) in [7, 11) is 1.65. The molecule has 0 fully saturated rings. The van der Waals surface area contributed by atoms with E-state index in [1.807, 2.05) is 4.68 Å². The Morgan fingerprint density at radius 1 is 1.47 bits per heavy atom. The van der Waals surface area contributed by atoms with Gasteiger partial charge in [-0.1, -0.05) is 0 Å². The van der Waals surface area contributed by atoms with Crippen LogP contribution in [-0.4, -0.2) is 16.9 Å². The molecule has 100 valence electrons. The lowest BCUT2D eigenvalue weighted by Gasteiger charge is -2.13. The van der Waals surface area contributed by atoms with E-state index >= 15 is 0 Å².